The highest BCUT2D eigenvalue weighted by Gasteiger charge is 2.13. The number of aromatic nitrogens is 3. The molecule has 0 atom stereocenters. The fourth-order valence-electron chi connectivity index (χ4n) is 3.22. The van der Waals surface area contributed by atoms with E-state index >= 15 is 0 Å². The molecule has 0 aliphatic rings. The average molecular weight is 408 g/mol. The van der Waals surface area contributed by atoms with E-state index in [1.807, 2.05) is 41.1 Å². The highest BCUT2D eigenvalue weighted by molar-refractivity contribution is 5.95. The molecule has 0 saturated carbocycles. The first-order valence-corrected chi connectivity index (χ1v) is 10.5. The molecule has 6 heteroatoms. The van der Waals surface area contributed by atoms with E-state index in [1.165, 1.54) is 0 Å². The van der Waals surface area contributed by atoms with Gasteiger partial charge in [0.15, 0.2) is 0 Å². The summed E-state index contributed by atoms with van der Waals surface area (Å²) in [5.41, 5.74) is 2.96. The molecule has 1 aromatic heterocycles. The number of rotatable bonds is 10. The van der Waals surface area contributed by atoms with E-state index in [-0.39, 0.29) is 0 Å². The van der Waals surface area contributed by atoms with Gasteiger partial charge >= 0.3 is 12.0 Å². The Morgan fingerprint density at radius 2 is 1.87 bits per heavy atom. The minimum absolute atomic E-state index is 0.301. The number of hydrogen-bond donors (Lipinski definition) is 1. The molecule has 30 heavy (non-hydrogen) atoms. The van der Waals surface area contributed by atoms with Crippen molar-refractivity contribution >= 4 is 5.97 Å². The maximum atomic E-state index is 11.5. The van der Waals surface area contributed by atoms with Gasteiger partial charge in [0, 0.05) is 6.42 Å². The molecule has 0 unspecified atom stereocenters. The number of ether oxygens (including phenoxy) is 1. The number of hydrogen-bond acceptors (Lipinski definition) is 4. The monoisotopic (exact) mass is 407 g/mol. The van der Waals surface area contributed by atoms with Crippen molar-refractivity contribution in [2.45, 2.75) is 46.6 Å². The SMILES string of the molecule is CCCOc1nc(CCC(C)C)n(Cc2ccc(-c3ccccc3C(=O)O)cc2)n1. The fourth-order valence-corrected chi connectivity index (χ4v) is 3.22. The number of aromatic carboxylic acids is 1. The molecule has 0 aliphatic carbocycles. The van der Waals surface area contributed by atoms with Crippen LogP contribution in [0.2, 0.25) is 0 Å². The van der Waals surface area contributed by atoms with Crippen molar-refractivity contribution in [3.63, 3.8) is 0 Å². The lowest BCUT2D eigenvalue weighted by Gasteiger charge is -2.09. The Morgan fingerprint density at radius 3 is 2.53 bits per heavy atom. The van der Waals surface area contributed by atoms with Crippen LogP contribution in [0.25, 0.3) is 11.1 Å². The summed E-state index contributed by atoms with van der Waals surface area (Å²) < 4.78 is 7.55. The van der Waals surface area contributed by atoms with Gasteiger partial charge in [-0.15, -0.1) is 5.10 Å². The van der Waals surface area contributed by atoms with Crippen LogP contribution in [-0.2, 0) is 13.0 Å². The second-order valence-corrected chi connectivity index (χ2v) is 7.80. The molecule has 0 amide bonds. The lowest BCUT2D eigenvalue weighted by Crippen LogP contribution is -2.08. The summed E-state index contributed by atoms with van der Waals surface area (Å²) in [4.78, 5) is 16.1. The Bertz CT molecular complexity index is 978. The third-order valence-electron chi connectivity index (χ3n) is 4.86. The molecule has 1 N–H and O–H groups in total. The number of carboxylic acids is 1. The van der Waals surface area contributed by atoms with Gasteiger partial charge in [-0.1, -0.05) is 63.2 Å². The summed E-state index contributed by atoms with van der Waals surface area (Å²) in [5, 5.41) is 14.0. The van der Waals surface area contributed by atoms with Gasteiger partial charge in [-0.3, -0.25) is 0 Å². The fraction of sp³-hybridized carbons (Fsp3) is 0.375. The molecule has 3 aromatic rings. The quantitative estimate of drug-likeness (QED) is 0.508. The van der Waals surface area contributed by atoms with E-state index in [4.69, 9.17) is 4.74 Å². The Morgan fingerprint density at radius 1 is 1.13 bits per heavy atom. The molecule has 0 bridgehead atoms. The number of carboxylic acid groups (broad SMARTS) is 1. The van der Waals surface area contributed by atoms with E-state index in [9.17, 15) is 9.90 Å². The molecule has 0 saturated heterocycles. The van der Waals surface area contributed by atoms with Crippen LogP contribution in [0, 0.1) is 5.92 Å². The van der Waals surface area contributed by atoms with Crippen LogP contribution in [0.15, 0.2) is 48.5 Å². The minimum atomic E-state index is -0.924. The molecule has 0 fully saturated rings. The predicted molar refractivity (Wildman–Crippen MR) is 117 cm³/mol. The molecule has 0 spiro atoms. The summed E-state index contributed by atoms with van der Waals surface area (Å²) in [6, 6.07) is 15.4. The van der Waals surface area contributed by atoms with Crippen molar-refractivity contribution in [2.75, 3.05) is 6.61 Å². The van der Waals surface area contributed by atoms with Gasteiger partial charge < -0.3 is 9.84 Å². The van der Waals surface area contributed by atoms with Crippen molar-refractivity contribution in [1.29, 1.82) is 0 Å². The lowest BCUT2D eigenvalue weighted by molar-refractivity contribution is 0.0697. The van der Waals surface area contributed by atoms with Crippen LogP contribution in [0.3, 0.4) is 0 Å². The lowest BCUT2D eigenvalue weighted by atomic mass is 9.99. The summed E-state index contributed by atoms with van der Waals surface area (Å²) in [5.74, 6) is 0.588. The molecule has 6 nitrogen and oxygen atoms in total. The van der Waals surface area contributed by atoms with Gasteiger partial charge in [0.1, 0.15) is 5.82 Å². The number of carbonyl (C=O) groups is 1. The zero-order chi connectivity index (χ0) is 21.5. The van der Waals surface area contributed by atoms with Crippen molar-refractivity contribution < 1.29 is 14.6 Å². The zero-order valence-electron chi connectivity index (χ0n) is 17.8. The molecule has 2 aromatic carbocycles. The van der Waals surface area contributed by atoms with E-state index in [0.717, 1.165) is 36.2 Å². The predicted octanol–water partition coefficient (Wildman–Crippen LogP) is 5.07. The number of nitrogens with zero attached hydrogens (tertiary/aromatic N) is 3. The van der Waals surface area contributed by atoms with Crippen LogP contribution in [-0.4, -0.2) is 32.4 Å². The summed E-state index contributed by atoms with van der Waals surface area (Å²) in [7, 11) is 0. The third-order valence-corrected chi connectivity index (χ3v) is 4.86. The van der Waals surface area contributed by atoms with Crippen LogP contribution < -0.4 is 4.74 Å². The molecule has 0 aliphatic heterocycles. The van der Waals surface area contributed by atoms with Crippen LogP contribution >= 0.6 is 0 Å². The summed E-state index contributed by atoms with van der Waals surface area (Å²) >= 11 is 0. The maximum Gasteiger partial charge on any atom is 0.336 e. The van der Waals surface area contributed by atoms with Gasteiger partial charge in [-0.25, -0.2) is 9.48 Å². The van der Waals surface area contributed by atoms with Gasteiger partial charge in [0.25, 0.3) is 0 Å². The average Bonchev–Trinajstić information content (AvgIpc) is 3.12. The van der Waals surface area contributed by atoms with Gasteiger partial charge in [0.2, 0.25) is 0 Å². The standard InChI is InChI=1S/C24H29N3O3/c1-4-15-30-24-25-22(14-9-17(2)3)27(26-24)16-18-10-12-19(13-11-18)20-7-5-6-8-21(20)23(28)29/h5-8,10-13,17H,4,9,14-16H2,1-3H3,(H,28,29). The first-order chi connectivity index (χ1) is 14.5. The maximum absolute atomic E-state index is 11.5. The molecule has 1 heterocycles. The Labute approximate surface area is 177 Å². The van der Waals surface area contributed by atoms with Crippen molar-refractivity contribution in [3.8, 4) is 17.1 Å². The minimum Gasteiger partial charge on any atom is -0.478 e. The number of aryl methyl sites for hydroxylation is 1. The molecular formula is C24H29N3O3. The topological polar surface area (TPSA) is 77.2 Å². The smallest absolute Gasteiger partial charge is 0.336 e. The largest absolute Gasteiger partial charge is 0.478 e. The molecular weight excluding hydrogens is 378 g/mol. The van der Waals surface area contributed by atoms with E-state index in [2.05, 4.69) is 30.9 Å². The Kier molecular flexibility index (Phi) is 7.22. The molecule has 0 radical (unpaired) electrons. The second-order valence-electron chi connectivity index (χ2n) is 7.80. The van der Waals surface area contributed by atoms with Crippen molar-refractivity contribution in [1.82, 2.24) is 14.8 Å². The Balaban J connectivity index is 1.81. The summed E-state index contributed by atoms with van der Waals surface area (Å²) in [6.45, 7) is 7.65. The molecule has 158 valence electrons. The van der Waals surface area contributed by atoms with Crippen LogP contribution in [0.1, 0.15) is 55.4 Å². The van der Waals surface area contributed by atoms with Gasteiger partial charge in [-0.2, -0.15) is 4.98 Å². The third kappa shape index (κ3) is 5.47. The normalized spacial score (nSPS) is 11.1. The first-order valence-electron chi connectivity index (χ1n) is 10.5. The van der Waals surface area contributed by atoms with Crippen molar-refractivity contribution in [3.05, 3.63) is 65.5 Å². The second kappa shape index (κ2) is 10.1. The van der Waals surface area contributed by atoms with Gasteiger partial charge in [0.05, 0.1) is 18.7 Å². The van der Waals surface area contributed by atoms with Crippen molar-refractivity contribution in [2.24, 2.45) is 5.92 Å². The highest BCUT2D eigenvalue weighted by Crippen LogP contribution is 2.24. The highest BCUT2D eigenvalue weighted by atomic mass is 16.5. The zero-order valence-corrected chi connectivity index (χ0v) is 17.8. The van der Waals surface area contributed by atoms with Crippen LogP contribution in [0.5, 0.6) is 6.01 Å². The summed E-state index contributed by atoms with van der Waals surface area (Å²) in [6.07, 6.45) is 2.80. The van der Waals surface area contributed by atoms with E-state index < -0.39 is 5.97 Å². The van der Waals surface area contributed by atoms with E-state index in [0.29, 0.717) is 36.2 Å². The first kappa shape index (κ1) is 21.6. The van der Waals surface area contributed by atoms with Crippen LogP contribution in [0.4, 0.5) is 0 Å². The Hall–Kier alpha value is -3.15. The van der Waals surface area contributed by atoms with E-state index in [1.54, 1.807) is 12.1 Å². The number of benzene rings is 2. The van der Waals surface area contributed by atoms with Gasteiger partial charge in [-0.05, 0) is 41.5 Å². The molecule has 3 rings (SSSR count).